The van der Waals surface area contributed by atoms with Gasteiger partial charge in [0.05, 0.1) is 0 Å². The second-order valence-corrected chi connectivity index (χ2v) is 6.57. The molecular formula is C20H21N3O3. The number of barbiturate groups is 1. The third kappa shape index (κ3) is 2.73. The Kier molecular flexibility index (Phi) is 4.28. The van der Waals surface area contributed by atoms with E-state index in [1.54, 1.807) is 6.08 Å². The highest BCUT2D eigenvalue weighted by molar-refractivity contribution is 6.30. The van der Waals surface area contributed by atoms with Crippen molar-refractivity contribution in [3.8, 4) is 5.69 Å². The van der Waals surface area contributed by atoms with E-state index in [-0.39, 0.29) is 5.57 Å². The van der Waals surface area contributed by atoms with Crippen molar-refractivity contribution in [3.05, 3.63) is 58.4 Å². The molecule has 1 aliphatic heterocycles. The zero-order valence-corrected chi connectivity index (χ0v) is 15.5. The highest BCUT2D eigenvalue weighted by Gasteiger charge is 2.37. The first-order chi connectivity index (χ1) is 12.2. The molecule has 26 heavy (non-hydrogen) atoms. The van der Waals surface area contributed by atoms with Gasteiger partial charge in [-0.15, -0.1) is 0 Å². The maximum atomic E-state index is 12.4. The molecule has 2 aromatic rings. The van der Waals surface area contributed by atoms with Gasteiger partial charge in [-0.2, -0.15) is 0 Å². The molecule has 1 aliphatic rings. The van der Waals surface area contributed by atoms with Crippen LogP contribution in [0.2, 0.25) is 0 Å². The van der Waals surface area contributed by atoms with Crippen LogP contribution in [0, 0.1) is 20.8 Å². The summed E-state index contributed by atoms with van der Waals surface area (Å²) in [6, 6.07) is 9.44. The molecule has 1 aromatic carbocycles. The van der Waals surface area contributed by atoms with Gasteiger partial charge in [0.1, 0.15) is 5.57 Å². The number of amides is 4. The lowest BCUT2D eigenvalue weighted by Crippen LogP contribution is -2.52. The Balaban J connectivity index is 2.08. The Morgan fingerprint density at radius 1 is 0.846 bits per heavy atom. The Hall–Kier alpha value is -3.15. The molecule has 6 nitrogen and oxygen atoms in total. The van der Waals surface area contributed by atoms with E-state index in [1.165, 1.54) is 19.7 Å². The molecule has 3 rings (SSSR count). The van der Waals surface area contributed by atoms with Crippen LogP contribution in [0.1, 0.15) is 22.5 Å². The fourth-order valence-corrected chi connectivity index (χ4v) is 3.16. The standard InChI is InChI=1S/C20H21N3O3/c1-12-6-8-16(9-7-12)23-13(2)10-15(14(23)3)11-17-18(24)21(4)20(26)22(5)19(17)25/h6-11H,1-5H3. The van der Waals surface area contributed by atoms with Crippen LogP contribution in [-0.4, -0.2) is 46.3 Å². The minimum absolute atomic E-state index is 0.0150. The number of carbonyl (C=O) groups excluding carboxylic acids is 3. The van der Waals surface area contributed by atoms with Crippen molar-refractivity contribution < 1.29 is 14.4 Å². The molecule has 0 unspecified atom stereocenters. The van der Waals surface area contributed by atoms with Gasteiger partial charge in [-0.25, -0.2) is 4.79 Å². The fraction of sp³-hybridized carbons (Fsp3) is 0.250. The van der Waals surface area contributed by atoms with Crippen LogP contribution in [-0.2, 0) is 9.59 Å². The van der Waals surface area contributed by atoms with Gasteiger partial charge in [0, 0.05) is 31.2 Å². The lowest BCUT2D eigenvalue weighted by Gasteiger charge is -2.28. The monoisotopic (exact) mass is 351 g/mol. The molecule has 1 saturated heterocycles. The molecular weight excluding hydrogens is 330 g/mol. The normalized spacial score (nSPS) is 15.1. The number of urea groups is 1. The Bertz CT molecular complexity index is 925. The predicted octanol–water partition coefficient (Wildman–Crippen LogP) is 2.84. The maximum Gasteiger partial charge on any atom is 0.333 e. The Morgan fingerprint density at radius 3 is 1.92 bits per heavy atom. The van der Waals surface area contributed by atoms with Crippen molar-refractivity contribution in [3.63, 3.8) is 0 Å². The van der Waals surface area contributed by atoms with Crippen molar-refractivity contribution >= 4 is 23.9 Å². The van der Waals surface area contributed by atoms with Crippen molar-refractivity contribution in [2.24, 2.45) is 0 Å². The van der Waals surface area contributed by atoms with Gasteiger partial charge >= 0.3 is 6.03 Å². The SMILES string of the molecule is Cc1ccc(-n2c(C)cc(C=C3C(=O)N(C)C(=O)N(C)C3=O)c2C)cc1. The van der Waals surface area contributed by atoms with E-state index < -0.39 is 17.8 Å². The van der Waals surface area contributed by atoms with E-state index in [2.05, 4.69) is 4.57 Å². The molecule has 0 bridgehead atoms. The number of hydrogen-bond acceptors (Lipinski definition) is 3. The molecule has 0 atom stereocenters. The summed E-state index contributed by atoms with van der Waals surface area (Å²) in [7, 11) is 2.74. The number of benzene rings is 1. The topological polar surface area (TPSA) is 62.6 Å². The number of carbonyl (C=O) groups is 3. The lowest BCUT2D eigenvalue weighted by molar-refractivity contribution is -0.134. The summed E-state index contributed by atoms with van der Waals surface area (Å²) >= 11 is 0. The number of hydrogen-bond donors (Lipinski definition) is 0. The van der Waals surface area contributed by atoms with E-state index in [1.807, 2.05) is 51.1 Å². The third-order valence-corrected chi connectivity index (χ3v) is 4.71. The van der Waals surface area contributed by atoms with Crippen LogP contribution >= 0.6 is 0 Å². The maximum absolute atomic E-state index is 12.4. The highest BCUT2D eigenvalue weighted by Crippen LogP contribution is 2.25. The molecule has 0 saturated carbocycles. The number of aromatic nitrogens is 1. The van der Waals surface area contributed by atoms with Gasteiger partial charge in [0.2, 0.25) is 0 Å². The van der Waals surface area contributed by atoms with E-state index in [9.17, 15) is 14.4 Å². The van der Waals surface area contributed by atoms with Crippen molar-refractivity contribution in [1.29, 1.82) is 0 Å². The number of rotatable bonds is 2. The molecule has 0 spiro atoms. The van der Waals surface area contributed by atoms with Gasteiger partial charge < -0.3 is 4.57 Å². The number of aryl methyl sites for hydroxylation is 2. The highest BCUT2D eigenvalue weighted by atomic mass is 16.2. The molecule has 6 heteroatoms. The van der Waals surface area contributed by atoms with Gasteiger partial charge in [0.15, 0.2) is 0 Å². The number of likely N-dealkylation sites (N-methyl/N-ethyl adjacent to an activating group) is 2. The molecule has 4 amide bonds. The molecule has 134 valence electrons. The third-order valence-electron chi connectivity index (χ3n) is 4.71. The van der Waals surface area contributed by atoms with Crippen LogP contribution < -0.4 is 0 Å². The van der Waals surface area contributed by atoms with Crippen LogP contribution in [0.4, 0.5) is 4.79 Å². The number of nitrogens with zero attached hydrogens (tertiary/aromatic N) is 3. The Morgan fingerprint density at radius 2 is 1.38 bits per heavy atom. The van der Waals surface area contributed by atoms with Gasteiger partial charge in [-0.3, -0.25) is 19.4 Å². The van der Waals surface area contributed by atoms with Gasteiger partial charge in [-0.1, -0.05) is 17.7 Å². The van der Waals surface area contributed by atoms with Crippen LogP contribution in [0.15, 0.2) is 35.9 Å². The van der Waals surface area contributed by atoms with Crippen molar-refractivity contribution in [1.82, 2.24) is 14.4 Å². The van der Waals surface area contributed by atoms with E-state index in [4.69, 9.17) is 0 Å². The van der Waals surface area contributed by atoms with Gasteiger partial charge in [-0.05, 0) is 50.6 Å². The average Bonchev–Trinajstić information content (AvgIpc) is 2.90. The second kappa shape index (κ2) is 6.29. The minimum Gasteiger partial charge on any atom is -0.318 e. The molecule has 0 aliphatic carbocycles. The average molecular weight is 351 g/mol. The molecule has 1 fully saturated rings. The lowest BCUT2D eigenvalue weighted by atomic mass is 10.1. The zero-order chi connectivity index (χ0) is 19.2. The predicted molar refractivity (Wildman–Crippen MR) is 98.9 cm³/mol. The van der Waals surface area contributed by atoms with Crippen LogP contribution in [0.25, 0.3) is 11.8 Å². The summed E-state index contributed by atoms with van der Waals surface area (Å²) in [6.07, 6.45) is 1.57. The summed E-state index contributed by atoms with van der Waals surface area (Å²) in [5, 5.41) is 0. The van der Waals surface area contributed by atoms with E-state index in [0.29, 0.717) is 0 Å². The summed E-state index contributed by atoms with van der Waals surface area (Å²) in [5.74, 6) is -1.17. The second-order valence-electron chi connectivity index (χ2n) is 6.57. The Labute approximate surface area is 152 Å². The largest absolute Gasteiger partial charge is 0.333 e. The van der Waals surface area contributed by atoms with E-state index in [0.717, 1.165) is 32.4 Å². The van der Waals surface area contributed by atoms with Crippen molar-refractivity contribution in [2.45, 2.75) is 20.8 Å². The van der Waals surface area contributed by atoms with Crippen LogP contribution in [0.5, 0.6) is 0 Å². The van der Waals surface area contributed by atoms with Gasteiger partial charge in [0.25, 0.3) is 11.8 Å². The minimum atomic E-state index is -0.623. The smallest absolute Gasteiger partial charge is 0.318 e. The number of imide groups is 2. The first-order valence-corrected chi connectivity index (χ1v) is 8.30. The van der Waals surface area contributed by atoms with Crippen LogP contribution in [0.3, 0.4) is 0 Å². The summed E-state index contributed by atoms with van der Waals surface area (Å²) in [4.78, 5) is 38.5. The summed E-state index contributed by atoms with van der Waals surface area (Å²) in [5.41, 5.74) is 4.86. The fourth-order valence-electron chi connectivity index (χ4n) is 3.16. The zero-order valence-electron chi connectivity index (χ0n) is 15.5. The summed E-state index contributed by atoms with van der Waals surface area (Å²) < 4.78 is 2.07. The quantitative estimate of drug-likeness (QED) is 0.617. The first kappa shape index (κ1) is 17.7. The summed E-state index contributed by atoms with van der Waals surface area (Å²) in [6.45, 7) is 5.94. The molecule has 0 radical (unpaired) electrons. The molecule has 1 aromatic heterocycles. The molecule has 0 N–H and O–H groups in total. The van der Waals surface area contributed by atoms with E-state index >= 15 is 0 Å². The van der Waals surface area contributed by atoms with Crippen molar-refractivity contribution in [2.75, 3.05) is 14.1 Å². The first-order valence-electron chi connectivity index (χ1n) is 8.30. The molecule has 2 heterocycles.